The molecule has 0 amide bonds. The average molecular weight is 274 g/mol. The van der Waals surface area contributed by atoms with Gasteiger partial charge in [0.2, 0.25) is 0 Å². The molecule has 0 radical (unpaired) electrons. The molecule has 1 aromatic carbocycles. The molecule has 0 aromatic heterocycles. The van der Waals surface area contributed by atoms with E-state index in [2.05, 4.69) is 48.5 Å². The first-order valence-corrected chi connectivity index (χ1v) is 8.25. The Morgan fingerprint density at radius 2 is 1.90 bits per heavy atom. The van der Waals surface area contributed by atoms with E-state index in [-0.39, 0.29) is 0 Å². The number of benzene rings is 1. The normalized spacial score (nSPS) is 16.8. The highest BCUT2D eigenvalue weighted by Gasteiger charge is 2.15. The van der Waals surface area contributed by atoms with Crippen molar-refractivity contribution in [2.45, 2.75) is 52.1 Å². The van der Waals surface area contributed by atoms with Crippen molar-refractivity contribution in [2.75, 3.05) is 20.1 Å². The van der Waals surface area contributed by atoms with Crippen molar-refractivity contribution < 1.29 is 0 Å². The van der Waals surface area contributed by atoms with Gasteiger partial charge in [0.1, 0.15) is 0 Å². The van der Waals surface area contributed by atoms with Crippen molar-refractivity contribution in [1.82, 2.24) is 10.2 Å². The van der Waals surface area contributed by atoms with Crippen LogP contribution in [0.25, 0.3) is 0 Å². The van der Waals surface area contributed by atoms with Gasteiger partial charge in [0.25, 0.3) is 0 Å². The van der Waals surface area contributed by atoms with Crippen molar-refractivity contribution in [3.63, 3.8) is 0 Å². The summed E-state index contributed by atoms with van der Waals surface area (Å²) < 4.78 is 0. The second-order valence-electron chi connectivity index (χ2n) is 6.30. The molecule has 0 saturated heterocycles. The van der Waals surface area contributed by atoms with Crippen molar-refractivity contribution in [3.05, 3.63) is 35.4 Å². The predicted molar refractivity (Wildman–Crippen MR) is 86.7 cm³/mol. The maximum Gasteiger partial charge on any atom is 0.0230 e. The zero-order chi connectivity index (χ0) is 14.2. The number of hydrogen-bond acceptors (Lipinski definition) is 2. The highest BCUT2D eigenvalue weighted by molar-refractivity contribution is 5.23. The van der Waals surface area contributed by atoms with Crippen LogP contribution in [0.4, 0.5) is 0 Å². The van der Waals surface area contributed by atoms with Gasteiger partial charge in [0, 0.05) is 19.6 Å². The van der Waals surface area contributed by atoms with Gasteiger partial charge in [-0.3, -0.25) is 0 Å². The lowest BCUT2D eigenvalue weighted by molar-refractivity contribution is 0.228. The van der Waals surface area contributed by atoms with Gasteiger partial charge >= 0.3 is 0 Å². The minimum absolute atomic E-state index is 0.929. The van der Waals surface area contributed by atoms with Gasteiger partial charge in [0.05, 0.1) is 0 Å². The lowest BCUT2D eigenvalue weighted by atomic mass is 9.89. The molecule has 1 fully saturated rings. The van der Waals surface area contributed by atoms with Gasteiger partial charge in [-0.25, -0.2) is 0 Å². The summed E-state index contributed by atoms with van der Waals surface area (Å²) in [7, 11) is 2.27. The largest absolute Gasteiger partial charge is 0.313 e. The van der Waals surface area contributed by atoms with Gasteiger partial charge in [-0.15, -0.1) is 0 Å². The van der Waals surface area contributed by atoms with E-state index in [1.165, 1.54) is 49.8 Å². The summed E-state index contributed by atoms with van der Waals surface area (Å²) in [6.45, 7) is 6.51. The summed E-state index contributed by atoms with van der Waals surface area (Å²) in [6, 6.07) is 9.01. The van der Waals surface area contributed by atoms with Crippen LogP contribution in [-0.2, 0) is 13.1 Å². The average Bonchev–Trinajstić information content (AvgIpc) is 2.46. The number of hydrogen-bond donors (Lipinski definition) is 1. The molecule has 112 valence electrons. The van der Waals surface area contributed by atoms with Crippen LogP contribution >= 0.6 is 0 Å². The van der Waals surface area contributed by atoms with Crippen molar-refractivity contribution in [3.8, 4) is 0 Å². The SMILES string of the molecule is CCNCc1cccc(CN(C)CC2CCCCC2)c1. The van der Waals surface area contributed by atoms with Crippen molar-refractivity contribution in [2.24, 2.45) is 5.92 Å². The molecule has 0 atom stereocenters. The van der Waals surface area contributed by atoms with Gasteiger partial charge in [-0.2, -0.15) is 0 Å². The molecule has 20 heavy (non-hydrogen) atoms. The van der Waals surface area contributed by atoms with E-state index in [0.29, 0.717) is 0 Å². The van der Waals surface area contributed by atoms with Crippen LogP contribution in [0.15, 0.2) is 24.3 Å². The Hall–Kier alpha value is -0.860. The van der Waals surface area contributed by atoms with E-state index < -0.39 is 0 Å². The Morgan fingerprint density at radius 3 is 2.65 bits per heavy atom. The number of nitrogens with one attached hydrogen (secondary N) is 1. The van der Waals surface area contributed by atoms with Gasteiger partial charge in [-0.1, -0.05) is 50.5 Å². The third kappa shape index (κ3) is 5.26. The zero-order valence-corrected chi connectivity index (χ0v) is 13.2. The predicted octanol–water partition coefficient (Wildman–Crippen LogP) is 3.81. The molecule has 1 aliphatic carbocycles. The van der Waals surface area contributed by atoms with Crippen LogP contribution in [0.5, 0.6) is 0 Å². The van der Waals surface area contributed by atoms with Crippen molar-refractivity contribution in [1.29, 1.82) is 0 Å². The fraction of sp³-hybridized carbons (Fsp3) is 0.667. The van der Waals surface area contributed by atoms with E-state index in [4.69, 9.17) is 0 Å². The molecule has 2 nitrogen and oxygen atoms in total. The van der Waals surface area contributed by atoms with Gasteiger partial charge in [0.15, 0.2) is 0 Å². The van der Waals surface area contributed by atoms with Gasteiger partial charge < -0.3 is 10.2 Å². The Bertz CT molecular complexity index is 383. The molecule has 0 spiro atoms. The minimum atomic E-state index is 0.929. The van der Waals surface area contributed by atoms with Crippen LogP contribution < -0.4 is 5.32 Å². The first-order chi connectivity index (χ1) is 9.78. The Kier molecular flexibility index (Phi) is 6.55. The fourth-order valence-corrected chi connectivity index (χ4v) is 3.29. The van der Waals surface area contributed by atoms with E-state index in [1.54, 1.807) is 0 Å². The summed E-state index contributed by atoms with van der Waals surface area (Å²) in [5, 5.41) is 3.40. The second-order valence-corrected chi connectivity index (χ2v) is 6.30. The van der Waals surface area contributed by atoms with Crippen LogP contribution in [-0.4, -0.2) is 25.0 Å². The Morgan fingerprint density at radius 1 is 1.15 bits per heavy atom. The second kappa shape index (κ2) is 8.43. The zero-order valence-electron chi connectivity index (χ0n) is 13.2. The molecular formula is C18H30N2. The third-order valence-electron chi connectivity index (χ3n) is 4.32. The van der Waals surface area contributed by atoms with Crippen LogP contribution in [0.3, 0.4) is 0 Å². The van der Waals surface area contributed by atoms with Crippen LogP contribution in [0.1, 0.15) is 50.2 Å². The van der Waals surface area contributed by atoms with E-state index in [0.717, 1.165) is 25.6 Å². The summed E-state index contributed by atoms with van der Waals surface area (Å²) >= 11 is 0. The quantitative estimate of drug-likeness (QED) is 0.813. The van der Waals surface area contributed by atoms with E-state index >= 15 is 0 Å². The molecule has 2 heteroatoms. The summed E-state index contributed by atoms with van der Waals surface area (Å²) in [6.07, 6.45) is 7.20. The topological polar surface area (TPSA) is 15.3 Å². The molecule has 2 rings (SSSR count). The standard InChI is InChI=1S/C18H30N2/c1-3-19-13-17-10-7-11-18(12-17)15-20(2)14-16-8-5-4-6-9-16/h7,10-12,16,19H,3-6,8-9,13-15H2,1-2H3. The Balaban J connectivity index is 1.81. The molecule has 0 heterocycles. The van der Waals surface area contributed by atoms with Gasteiger partial charge in [-0.05, 0) is 43.5 Å². The molecule has 1 aromatic rings. The van der Waals surface area contributed by atoms with E-state index in [1.807, 2.05) is 0 Å². The molecule has 0 aliphatic heterocycles. The molecule has 0 unspecified atom stereocenters. The smallest absolute Gasteiger partial charge is 0.0230 e. The van der Waals surface area contributed by atoms with Crippen molar-refractivity contribution >= 4 is 0 Å². The number of nitrogens with zero attached hydrogens (tertiary/aromatic N) is 1. The van der Waals surface area contributed by atoms with Crippen LogP contribution in [0, 0.1) is 5.92 Å². The number of rotatable bonds is 7. The third-order valence-corrected chi connectivity index (χ3v) is 4.32. The highest BCUT2D eigenvalue weighted by Crippen LogP contribution is 2.24. The maximum atomic E-state index is 3.40. The summed E-state index contributed by atoms with van der Waals surface area (Å²) in [4.78, 5) is 2.50. The molecular weight excluding hydrogens is 244 g/mol. The molecule has 1 N–H and O–H groups in total. The molecule has 1 saturated carbocycles. The Labute approximate surface area is 124 Å². The molecule has 0 bridgehead atoms. The molecule has 1 aliphatic rings. The summed E-state index contributed by atoms with van der Waals surface area (Å²) in [5.41, 5.74) is 2.84. The lowest BCUT2D eigenvalue weighted by Crippen LogP contribution is -2.26. The first-order valence-electron chi connectivity index (χ1n) is 8.25. The summed E-state index contributed by atoms with van der Waals surface area (Å²) in [5.74, 6) is 0.929. The highest BCUT2D eigenvalue weighted by atomic mass is 15.1. The van der Waals surface area contributed by atoms with Crippen LogP contribution in [0.2, 0.25) is 0 Å². The van der Waals surface area contributed by atoms with E-state index in [9.17, 15) is 0 Å². The monoisotopic (exact) mass is 274 g/mol. The minimum Gasteiger partial charge on any atom is -0.313 e. The fourth-order valence-electron chi connectivity index (χ4n) is 3.29. The lowest BCUT2D eigenvalue weighted by Gasteiger charge is -2.27. The maximum absolute atomic E-state index is 3.40. The first kappa shape index (κ1) is 15.5.